The Bertz CT molecular complexity index is 694. The van der Waals surface area contributed by atoms with Crippen LogP contribution in [0.4, 0.5) is 11.5 Å². The Morgan fingerprint density at radius 2 is 2.16 bits per heavy atom. The molecule has 96 valence electrons. The fourth-order valence-corrected chi connectivity index (χ4v) is 1.84. The number of ether oxygens (including phenoxy) is 1. The SMILES string of the molecule is CCOc1ccccc1Nc1ncnc2[nH]ncc12. The van der Waals surface area contributed by atoms with Gasteiger partial charge in [-0.25, -0.2) is 9.97 Å². The highest BCUT2D eigenvalue weighted by atomic mass is 16.5. The van der Waals surface area contributed by atoms with Crippen LogP contribution in [0.2, 0.25) is 0 Å². The summed E-state index contributed by atoms with van der Waals surface area (Å²) in [5.41, 5.74) is 1.57. The first-order valence-electron chi connectivity index (χ1n) is 6.01. The van der Waals surface area contributed by atoms with Crippen molar-refractivity contribution in [2.24, 2.45) is 0 Å². The Kier molecular flexibility index (Phi) is 2.97. The molecule has 6 nitrogen and oxygen atoms in total. The molecule has 6 heteroatoms. The van der Waals surface area contributed by atoms with E-state index in [-0.39, 0.29) is 0 Å². The van der Waals surface area contributed by atoms with Crippen molar-refractivity contribution in [2.75, 3.05) is 11.9 Å². The van der Waals surface area contributed by atoms with Crippen LogP contribution in [0.5, 0.6) is 5.75 Å². The van der Waals surface area contributed by atoms with Crippen molar-refractivity contribution in [2.45, 2.75) is 6.92 Å². The fourth-order valence-electron chi connectivity index (χ4n) is 1.84. The molecule has 0 unspecified atom stereocenters. The van der Waals surface area contributed by atoms with Gasteiger partial charge in [-0.1, -0.05) is 12.1 Å². The highest BCUT2D eigenvalue weighted by Crippen LogP contribution is 2.28. The Balaban J connectivity index is 1.99. The van der Waals surface area contributed by atoms with Gasteiger partial charge in [0.2, 0.25) is 0 Å². The van der Waals surface area contributed by atoms with Crippen LogP contribution in [-0.4, -0.2) is 26.8 Å². The van der Waals surface area contributed by atoms with Gasteiger partial charge in [0.1, 0.15) is 17.9 Å². The number of benzene rings is 1. The first-order chi connectivity index (χ1) is 9.38. The molecule has 1 aromatic carbocycles. The number of aromatic amines is 1. The molecule has 0 amide bonds. The summed E-state index contributed by atoms with van der Waals surface area (Å²) in [6.07, 6.45) is 3.19. The number of para-hydroxylation sites is 2. The van der Waals surface area contributed by atoms with Gasteiger partial charge < -0.3 is 10.1 Å². The zero-order chi connectivity index (χ0) is 13.1. The molecule has 0 saturated heterocycles. The van der Waals surface area contributed by atoms with Crippen LogP contribution in [0.15, 0.2) is 36.8 Å². The van der Waals surface area contributed by atoms with Crippen LogP contribution in [0, 0.1) is 0 Å². The maximum Gasteiger partial charge on any atom is 0.160 e. The third kappa shape index (κ3) is 2.20. The van der Waals surface area contributed by atoms with Crippen molar-refractivity contribution in [1.82, 2.24) is 20.2 Å². The van der Waals surface area contributed by atoms with E-state index in [2.05, 4.69) is 25.5 Å². The third-order valence-electron chi connectivity index (χ3n) is 2.69. The van der Waals surface area contributed by atoms with Gasteiger partial charge in [-0.15, -0.1) is 0 Å². The zero-order valence-corrected chi connectivity index (χ0v) is 10.4. The molecule has 0 radical (unpaired) electrons. The lowest BCUT2D eigenvalue weighted by Gasteiger charge is -2.11. The molecule has 0 saturated carbocycles. The molecule has 3 rings (SSSR count). The Morgan fingerprint density at radius 3 is 3.05 bits per heavy atom. The third-order valence-corrected chi connectivity index (χ3v) is 2.69. The number of nitrogens with one attached hydrogen (secondary N) is 2. The van der Waals surface area contributed by atoms with Crippen molar-refractivity contribution in [3.8, 4) is 5.75 Å². The minimum atomic E-state index is 0.615. The molecule has 0 fully saturated rings. The second-order valence-corrected chi connectivity index (χ2v) is 3.91. The normalized spacial score (nSPS) is 10.6. The summed E-state index contributed by atoms with van der Waals surface area (Å²) in [5.74, 6) is 1.49. The minimum absolute atomic E-state index is 0.615. The van der Waals surface area contributed by atoms with Crippen LogP contribution < -0.4 is 10.1 Å². The summed E-state index contributed by atoms with van der Waals surface area (Å²) in [6.45, 7) is 2.57. The molecule has 0 aliphatic carbocycles. The van der Waals surface area contributed by atoms with E-state index in [0.717, 1.165) is 16.8 Å². The standard InChI is InChI=1S/C13H13N5O/c1-2-19-11-6-4-3-5-10(11)17-12-9-7-16-18-13(9)15-8-14-12/h3-8H,2H2,1H3,(H2,14,15,16,17,18). The van der Waals surface area contributed by atoms with E-state index in [1.807, 2.05) is 31.2 Å². The summed E-state index contributed by atoms with van der Waals surface area (Å²) < 4.78 is 5.57. The van der Waals surface area contributed by atoms with E-state index in [9.17, 15) is 0 Å². The fraction of sp³-hybridized carbons (Fsp3) is 0.154. The number of hydrogen-bond acceptors (Lipinski definition) is 5. The van der Waals surface area contributed by atoms with Gasteiger partial charge in [-0.05, 0) is 19.1 Å². The summed E-state index contributed by atoms with van der Waals surface area (Å²) in [7, 11) is 0. The van der Waals surface area contributed by atoms with E-state index in [1.54, 1.807) is 6.20 Å². The molecule has 0 spiro atoms. The van der Waals surface area contributed by atoms with Crippen LogP contribution in [0.3, 0.4) is 0 Å². The monoisotopic (exact) mass is 255 g/mol. The second-order valence-electron chi connectivity index (χ2n) is 3.91. The Hall–Kier alpha value is -2.63. The second kappa shape index (κ2) is 4.93. The maximum absolute atomic E-state index is 5.57. The van der Waals surface area contributed by atoms with Gasteiger partial charge in [0.05, 0.1) is 23.9 Å². The van der Waals surface area contributed by atoms with E-state index in [0.29, 0.717) is 18.1 Å². The summed E-state index contributed by atoms with van der Waals surface area (Å²) >= 11 is 0. The average Bonchev–Trinajstić information content (AvgIpc) is 2.91. The molecular weight excluding hydrogens is 242 g/mol. The molecule has 3 aromatic rings. The number of H-pyrrole nitrogens is 1. The molecule has 2 heterocycles. The number of rotatable bonds is 4. The van der Waals surface area contributed by atoms with Crippen molar-refractivity contribution >= 4 is 22.5 Å². The lowest BCUT2D eigenvalue weighted by atomic mass is 10.3. The van der Waals surface area contributed by atoms with E-state index in [1.165, 1.54) is 6.33 Å². The molecular formula is C13H13N5O. The van der Waals surface area contributed by atoms with Gasteiger partial charge in [-0.3, -0.25) is 5.10 Å². The molecule has 2 N–H and O–H groups in total. The summed E-state index contributed by atoms with van der Waals surface area (Å²) in [5, 5.41) is 10.9. The average molecular weight is 255 g/mol. The van der Waals surface area contributed by atoms with Gasteiger partial charge in [0.25, 0.3) is 0 Å². The van der Waals surface area contributed by atoms with Gasteiger partial charge in [0.15, 0.2) is 5.65 Å². The van der Waals surface area contributed by atoms with Gasteiger partial charge in [-0.2, -0.15) is 5.10 Å². The van der Waals surface area contributed by atoms with Gasteiger partial charge in [0, 0.05) is 0 Å². The van der Waals surface area contributed by atoms with Gasteiger partial charge >= 0.3 is 0 Å². The molecule has 0 atom stereocenters. The first-order valence-corrected chi connectivity index (χ1v) is 6.01. The summed E-state index contributed by atoms with van der Waals surface area (Å²) in [6, 6.07) is 7.74. The van der Waals surface area contributed by atoms with Crippen LogP contribution in [0.1, 0.15) is 6.92 Å². The van der Waals surface area contributed by atoms with Crippen LogP contribution >= 0.6 is 0 Å². The highest BCUT2D eigenvalue weighted by Gasteiger charge is 2.08. The van der Waals surface area contributed by atoms with Crippen molar-refractivity contribution in [3.63, 3.8) is 0 Å². The molecule has 19 heavy (non-hydrogen) atoms. The molecule has 0 aliphatic rings. The largest absolute Gasteiger partial charge is 0.492 e. The van der Waals surface area contributed by atoms with Crippen molar-refractivity contribution in [1.29, 1.82) is 0 Å². The highest BCUT2D eigenvalue weighted by molar-refractivity contribution is 5.88. The first kappa shape index (κ1) is 11.5. The number of fused-ring (bicyclic) bond motifs is 1. The molecule has 0 aliphatic heterocycles. The lowest BCUT2D eigenvalue weighted by Crippen LogP contribution is -1.99. The predicted molar refractivity (Wildman–Crippen MR) is 72.6 cm³/mol. The topological polar surface area (TPSA) is 75.7 Å². The van der Waals surface area contributed by atoms with Crippen LogP contribution in [-0.2, 0) is 0 Å². The summed E-state index contributed by atoms with van der Waals surface area (Å²) in [4.78, 5) is 8.34. The molecule has 0 bridgehead atoms. The Morgan fingerprint density at radius 1 is 1.26 bits per heavy atom. The number of aromatic nitrogens is 4. The van der Waals surface area contributed by atoms with Crippen molar-refractivity contribution in [3.05, 3.63) is 36.8 Å². The Labute approximate surface area is 109 Å². The molecule has 2 aromatic heterocycles. The number of hydrogen-bond donors (Lipinski definition) is 2. The zero-order valence-electron chi connectivity index (χ0n) is 10.4. The minimum Gasteiger partial charge on any atom is -0.492 e. The number of nitrogens with zero attached hydrogens (tertiary/aromatic N) is 3. The van der Waals surface area contributed by atoms with Crippen LogP contribution in [0.25, 0.3) is 11.0 Å². The van der Waals surface area contributed by atoms with E-state index >= 15 is 0 Å². The maximum atomic E-state index is 5.57. The predicted octanol–water partition coefficient (Wildman–Crippen LogP) is 2.50. The number of anilines is 2. The smallest absolute Gasteiger partial charge is 0.160 e. The lowest BCUT2D eigenvalue weighted by molar-refractivity contribution is 0.342. The van der Waals surface area contributed by atoms with Crippen molar-refractivity contribution < 1.29 is 4.74 Å². The van der Waals surface area contributed by atoms with E-state index in [4.69, 9.17) is 4.74 Å². The van der Waals surface area contributed by atoms with E-state index < -0.39 is 0 Å². The quantitative estimate of drug-likeness (QED) is 0.749.